The van der Waals surface area contributed by atoms with Crippen molar-refractivity contribution in [1.82, 2.24) is 0 Å². The third kappa shape index (κ3) is 2.53. The first-order valence-electron chi connectivity index (χ1n) is 4.68. The quantitative estimate of drug-likeness (QED) is 0.795. The van der Waals surface area contributed by atoms with Crippen molar-refractivity contribution in [2.45, 2.75) is 19.5 Å². The standard InChI is InChI=1S/C11H14FNO2/c1-7-2-3-8(5-12)4-9(7)10(6-13)11(14)15/h2-4,10H,5-6,13H2,1H3,(H,14,15). The number of halogens is 1. The summed E-state index contributed by atoms with van der Waals surface area (Å²) in [7, 11) is 0. The highest BCUT2D eigenvalue weighted by Gasteiger charge is 2.19. The van der Waals surface area contributed by atoms with Gasteiger partial charge in [-0.1, -0.05) is 18.2 Å². The average molecular weight is 211 g/mol. The van der Waals surface area contributed by atoms with Gasteiger partial charge in [0.2, 0.25) is 0 Å². The molecule has 0 saturated carbocycles. The predicted molar refractivity (Wildman–Crippen MR) is 55.4 cm³/mol. The van der Waals surface area contributed by atoms with E-state index in [-0.39, 0.29) is 6.54 Å². The Hall–Kier alpha value is -1.42. The van der Waals surface area contributed by atoms with Gasteiger partial charge in [-0.3, -0.25) is 4.79 Å². The summed E-state index contributed by atoms with van der Waals surface area (Å²) in [5.74, 6) is -1.73. The number of nitrogens with two attached hydrogens (primary N) is 1. The normalized spacial score (nSPS) is 12.5. The van der Waals surface area contributed by atoms with Crippen LogP contribution in [0.5, 0.6) is 0 Å². The van der Waals surface area contributed by atoms with Crippen LogP contribution in [0.1, 0.15) is 22.6 Å². The number of hydrogen-bond donors (Lipinski definition) is 2. The van der Waals surface area contributed by atoms with Crippen LogP contribution in [0.25, 0.3) is 0 Å². The average Bonchev–Trinajstić information content (AvgIpc) is 2.21. The van der Waals surface area contributed by atoms with Gasteiger partial charge in [0, 0.05) is 6.54 Å². The Kier molecular flexibility index (Phi) is 3.80. The zero-order valence-corrected chi connectivity index (χ0v) is 8.53. The summed E-state index contributed by atoms with van der Waals surface area (Å²) < 4.78 is 12.4. The summed E-state index contributed by atoms with van der Waals surface area (Å²) in [6.45, 7) is 1.22. The number of alkyl halides is 1. The number of carboxylic acids is 1. The highest BCUT2D eigenvalue weighted by molar-refractivity contribution is 5.77. The second kappa shape index (κ2) is 4.89. The number of carboxylic acid groups (broad SMARTS) is 1. The molecule has 0 aliphatic rings. The molecule has 1 aromatic rings. The molecule has 82 valence electrons. The Bertz CT molecular complexity index is 366. The molecule has 15 heavy (non-hydrogen) atoms. The zero-order valence-electron chi connectivity index (χ0n) is 8.53. The number of aryl methyl sites for hydroxylation is 1. The van der Waals surface area contributed by atoms with E-state index >= 15 is 0 Å². The summed E-state index contributed by atoms with van der Waals surface area (Å²) in [4.78, 5) is 10.9. The molecule has 1 atom stereocenters. The zero-order chi connectivity index (χ0) is 11.4. The number of benzene rings is 1. The Morgan fingerprint density at radius 2 is 2.27 bits per heavy atom. The number of hydrogen-bond acceptors (Lipinski definition) is 2. The minimum Gasteiger partial charge on any atom is -0.481 e. The van der Waals surface area contributed by atoms with Crippen molar-refractivity contribution in [1.29, 1.82) is 0 Å². The van der Waals surface area contributed by atoms with Crippen LogP contribution in [0.2, 0.25) is 0 Å². The fourth-order valence-corrected chi connectivity index (χ4v) is 1.51. The van der Waals surface area contributed by atoms with Gasteiger partial charge in [-0.25, -0.2) is 4.39 Å². The first-order valence-corrected chi connectivity index (χ1v) is 4.68. The second-order valence-corrected chi connectivity index (χ2v) is 3.45. The van der Waals surface area contributed by atoms with Crippen molar-refractivity contribution in [3.63, 3.8) is 0 Å². The predicted octanol–water partition coefficient (Wildman–Crippen LogP) is 1.59. The van der Waals surface area contributed by atoms with Gasteiger partial charge < -0.3 is 10.8 Å². The van der Waals surface area contributed by atoms with Crippen molar-refractivity contribution in [3.8, 4) is 0 Å². The molecule has 0 bridgehead atoms. The van der Waals surface area contributed by atoms with Gasteiger partial charge in [0.05, 0.1) is 5.92 Å². The first-order chi connectivity index (χ1) is 7.10. The van der Waals surface area contributed by atoms with E-state index in [0.29, 0.717) is 11.1 Å². The van der Waals surface area contributed by atoms with Crippen molar-refractivity contribution in [2.24, 2.45) is 5.73 Å². The summed E-state index contributed by atoms with van der Waals surface area (Å²) in [5.41, 5.74) is 7.29. The van der Waals surface area contributed by atoms with Crippen molar-refractivity contribution < 1.29 is 14.3 Å². The topological polar surface area (TPSA) is 63.3 Å². The van der Waals surface area contributed by atoms with Crippen LogP contribution in [-0.2, 0) is 11.5 Å². The van der Waals surface area contributed by atoms with E-state index in [4.69, 9.17) is 10.8 Å². The molecule has 0 aliphatic heterocycles. The number of rotatable bonds is 4. The van der Waals surface area contributed by atoms with Gasteiger partial charge >= 0.3 is 5.97 Å². The molecule has 0 aromatic heterocycles. The van der Waals surface area contributed by atoms with Gasteiger partial charge in [-0.2, -0.15) is 0 Å². The van der Waals surface area contributed by atoms with Crippen LogP contribution < -0.4 is 5.73 Å². The molecule has 3 nitrogen and oxygen atoms in total. The first kappa shape index (κ1) is 11.7. The van der Waals surface area contributed by atoms with Gasteiger partial charge in [-0.15, -0.1) is 0 Å². The van der Waals surface area contributed by atoms with Crippen LogP contribution in [0.3, 0.4) is 0 Å². The Labute approximate surface area is 87.7 Å². The molecule has 3 N–H and O–H groups in total. The van der Waals surface area contributed by atoms with E-state index in [1.54, 1.807) is 25.1 Å². The lowest BCUT2D eigenvalue weighted by Crippen LogP contribution is -2.22. The molecule has 0 spiro atoms. The van der Waals surface area contributed by atoms with E-state index in [1.807, 2.05) is 0 Å². The molecule has 1 aromatic carbocycles. The monoisotopic (exact) mass is 211 g/mol. The van der Waals surface area contributed by atoms with E-state index in [0.717, 1.165) is 5.56 Å². The third-order valence-electron chi connectivity index (χ3n) is 2.41. The van der Waals surface area contributed by atoms with E-state index in [1.165, 1.54) is 0 Å². The van der Waals surface area contributed by atoms with Gasteiger partial charge in [0.25, 0.3) is 0 Å². The molecule has 4 heteroatoms. The van der Waals surface area contributed by atoms with Gasteiger partial charge in [0.1, 0.15) is 6.67 Å². The summed E-state index contributed by atoms with van der Waals surface area (Å²) in [5, 5.41) is 8.94. The minimum atomic E-state index is -0.975. The fraction of sp³-hybridized carbons (Fsp3) is 0.364. The number of carbonyl (C=O) groups is 1. The van der Waals surface area contributed by atoms with Crippen molar-refractivity contribution in [3.05, 3.63) is 34.9 Å². The Balaban J connectivity index is 3.15. The largest absolute Gasteiger partial charge is 0.481 e. The van der Waals surface area contributed by atoms with E-state index in [9.17, 15) is 9.18 Å². The van der Waals surface area contributed by atoms with Crippen molar-refractivity contribution >= 4 is 5.97 Å². The second-order valence-electron chi connectivity index (χ2n) is 3.45. The van der Waals surface area contributed by atoms with E-state index in [2.05, 4.69) is 0 Å². The summed E-state index contributed by atoms with van der Waals surface area (Å²) >= 11 is 0. The number of aliphatic carboxylic acids is 1. The van der Waals surface area contributed by atoms with Crippen molar-refractivity contribution in [2.75, 3.05) is 6.54 Å². The summed E-state index contributed by atoms with van der Waals surface area (Å²) in [6, 6.07) is 4.94. The lowest BCUT2D eigenvalue weighted by Gasteiger charge is -2.13. The lowest BCUT2D eigenvalue weighted by atomic mass is 9.93. The van der Waals surface area contributed by atoms with E-state index < -0.39 is 18.6 Å². The molecule has 0 heterocycles. The maximum absolute atomic E-state index is 12.4. The summed E-state index contributed by atoms with van der Waals surface area (Å²) in [6.07, 6.45) is 0. The molecule has 1 unspecified atom stereocenters. The molecule has 0 amide bonds. The lowest BCUT2D eigenvalue weighted by molar-refractivity contribution is -0.138. The molecule has 0 aliphatic carbocycles. The Morgan fingerprint density at radius 1 is 1.60 bits per heavy atom. The van der Waals surface area contributed by atoms with Crippen LogP contribution in [0.4, 0.5) is 4.39 Å². The van der Waals surface area contributed by atoms with Gasteiger partial charge in [-0.05, 0) is 23.6 Å². The molecule has 0 fully saturated rings. The minimum absolute atomic E-state index is 0.0198. The maximum Gasteiger partial charge on any atom is 0.312 e. The molecular weight excluding hydrogens is 197 g/mol. The van der Waals surface area contributed by atoms with Crippen LogP contribution in [0.15, 0.2) is 18.2 Å². The smallest absolute Gasteiger partial charge is 0.312 e. The molecule has 1 rings (SSSR count). The maximum atomic E-state index is 12.4. The van der Waals surface area contributed by atoms with Crippen LogP contribution in [0, 0.1) is 6.92 Å². The third-order valence-corrected chi connectivity index (χ3v) is 2.41. The highest BCUT2D eigenvalue weighted by atomic mass is 19.1. The fourth-order valence-electron chi connectivity index (χ4n) is 1.51. The Morgan fingerprint density at radius 3 is 2.73 bits per heavy atom. The van der Waals surface area contributed by atoms with Crippen LogP contribution in [-0.4, -0.2) is 17.6 Å². The molecule has 0 radical (unpaired) electrons. The molecular formula is C11H14FNO2. The SMILES string of the molecule is Cc1ccc(CF)cc1C(CN)C(=O)O. The van der Waals surface area contributed by atoms with Crippen LogP contribution >= 0.6 is 0 Å². The highest BCUT2D eigenvalue weighted by Crippen LogP contribution is 2.21. The molecule has 0 saturated heterocycles. The van der Waals surface area contributed by atoms with Gasteiger partial charge in [0.15, 0.2) is 0 Å².